The third-order valence-electron chi connectivity index (χ3n) is 3.64. The number of hydrogen-bond donors (Lipinski definition) is 2. The highest BCUT2D eigenvalue weighted by molar-refractivity contribution is 7.84. The summed E-state index contributed by atoms with van der Waals surface area (Å²) in [4.78, 5) is 11.8. The summed E-state index contributed by atoms with van der Waals surface area (Å²) in [5.41, 5.74) is -0.160. The molecule has 1 aromatic rings. The molecule has 0 spiro atoms. The van der Waals surface area contributed by atoms with Crippen molar-refractivity contribution in [3.63, 3.8) is 0 Å². The van der Waals surface area contributed by atoms with Crippen LogP contribution < -0.4 is 5.32 Å². The summed E-state index contributed by atoms with van der Waals surface area (Å²) in [6.45, 7) is 0.348. The molecule has 5 heteroatoms. The summed E-state index contributed by atoms with van der Waals surface area (Å²) in [6, 6.07) is 9.65. The van der Waals surface area contributed by atoms with Gasteiger partial charge in [0.15, 0.2) is 0 Å². The number of hydrogen-bond acceptors (Lipinski definition) is 3. The van der Waals surface area contributed by atoms with Gasteiger partial charge in [0.1, 0.15) is 5.60 Å². The second-order valence-electron chi connectivity index (χ2n) is 5.27. The maximum absolute atomic E-state index is 11.9. The summed E-state index contributed by atoms with van der Waals surface area (Å²) in [5, 5.41) is 12.8. The Kier molecular flexibility index (Phi) is 5.31. The van der Waals surface area contributed by atoms with Crippen LogP contribution in [0.3, 0.4) is 0 Å². The Labute approximate surface area is 122 Å². The zero-order chi connectivity index (χ0) is 14.4. The minimum Gasteiger partial charge on any atom is -0.380 e. The van der Waals surface area contributed by atoms with E-state index in [0.29, 0.717) is 30.9 Å². The molecule has 1 fully saturated rings. The van der Waals surface area contributed by atoms with Crippen molar-refractivity contribution in [2.24, 2.45) is 0 Å². The first-order chi connectivity index (χ1) is 9.60. The van der Waals surface area contributed by atoms with Gasteiger partial charge in [-0.05, 0) is 31.2 Å². The summed E-state index contributed by atoms with van der Waals surface area (Å²) in [7, 11) is -0.999. The van der Waals surface area contributed by atoms with E-state index in [4.69, 9.17) is 0 Å². The lowest BCUT2D eigenvalue weighted by molar-refractivity contribution is -0.138. The number of nitrogens with one attached hydrogen (secondary N) is 1. The van der Waals surface area contributed by atoms with Crippen LogP contribution in [0.25, 0.3) is 0 Å². The van der Waals surface area contributed by atoms with Gasteiger partial charge in [-0.1, -0.05) is 30.3 Å². The normalized spacial score (nSPS) is 18.6. The van der Waals surface area contributed by atoms with Crippen LogP contribution in [-0.4, -0.2) is 33.1 Å². The molecule has 0 heterocycles. The summed E-state index contributed by atoms with van der Waals surface area (Å²) in [5.74, 6) is 0.601. The van der Waals surface area contributed by atoms with E-state index in [-0.39, 0.29) is 5.91 Å². The van der Waals surface area contributed by atoms with E-state index in [1.165, 1.54) is 0 Å². The predicted octanol–water partition coefficient (Wildman–Crippen LogP) is 1.36. The fourth-order valence-electron chi connectivity index (χ4n) is 2.46. The second kappa shape index (κ2) is 6.99. The van der Waals surface area contributed by atoms with E-state index in [9.17, 15) is 14.1 Å². The summed E-state index contributed by atoms with van der Waals surface area (Å²) >= 11 is 0. The van der Waals surface area contributed by atoms with Crippen molar-refractivity contribution < 1.29 is 14.1 Å². The Balaban J connectivity index is 1.70. The molecule has 1 amide bonds. The zero-order valence-corrected chi connectivity index (χ0v) is 12.3. The van der Waals surface area contributed by atoms with Crippen molar-refractivity contribution in [2.45, 2.75) is 37.0 Å². The molecular weight excluding hydrogens is 274 g/mol. The molecule has 1 atom stereocenters. The van der Waals surface area contributed by atoms with Gasteiger partial charge in [0.2, 0.25) is 0 Å². The molecule has 0 saturated heterocycles. The summed E-state index contributed by atoms with van der Waals surface area (Å²) in [6.07, 6.45) is 2.85. The lowest BCUT2D eigenvalue weighted by Crippen LogP contribution is -2.45. The Morgan fingerprint density at radius 3 is 2.55 bits per heavy atom. The lowest BCUT2D eigenvalue weighted by Gasteiger charge is -2.20. The first-order valence-corrected chi connectivity index (χ1v) is 8.48. The number of rotatable bonds is 6. The fraction of sp³-hybridized carbons (Fsp3) is 0.533. The van der Waals surface area contributed by atoms with Gasteiger partial charge < -0.3 is 10.4 Å². The van der Waals surface area contributed by atoms with Crippen LogP contribution in [0.1, 0.15) is 31.2 Å². The average molecular weight is 295 g/mol. The molecular formula is C15H21NO3S. The van der Waals surface area contributed by atoms with Crippen molar-refractivity contribution >= 4 is 16.7 Å². The van der Waals surface area contributed by atoms with Gasteiger partial charge in [0.05, 0.1) is 0 Å². The van der Waals surface area contributed by atoms with E-state index in [2.05, 4.69) is 5.32 Å². The molecule has 1 unspecified atom stereocenters. The number of carbonyl (C=O) groups is 1. The highest BCUT2D eigenvalue weighted by atomic mass is 32.2. The SMILES string of the molecule is O=C(NCCS(=O)Cc1ccccc1)C1(O)CCCC1. The maximum Gasteiger partial charge on any atom is 0.251 e. The number of aliphatic hydroxyl groups is 1. The third kappa shape index (κ3) is 4.15. The van der Waals surface area contributed by atoms with Crippen molar-refractivity contribution in [1.82, 2.24) is 5.32 Å². The smallest absolute Gasteiger partial charge is 0.251 e. The van der Waals surface area contributed by atoms with Crippen LogP contribution in [0.4, 0.5) is 0 Å². The van der Waals surface area contributed by atoms with Crippen molar-refractivity contribution in [1.29, 1.82) is 0 Å². The van der Waals surface area contributed by atoms with Crippen LogP contribution in [0.15, 0.2) is 30.3 Å². The molecule has 1 aromatic carbocycles. The van der Waals surface area contributed by atoms with E-state index >= 15 is 0 Å². The average Bonchev–Trinajstić information content (AvgIpc) is 2.88. The predicted molar refractivity (Wildman–Crippen MR) is 79.6 cm³/mol. The first kappa shape index (κ1) is 15.2. The number of benzene rings is 1. The standard InChI is InChI=1S/C15H21NO3S/c17-14(15(18)8-4-5-9-15)16-10-11-20(19)12-13-6-2-1-3-7-13/h1-3,6-7,18H,4-5,8-12H2,(H,16,17). The van der Waals surface area contributed by atoms with Gasteiger partial charge in [0.25, 0.3) is 5.91 Å². The quantitative estimate of drug-likeness (QED) is 0.832. The second-order valence-corrected chi connectivity index (χ2v) is 6.85. The first-order valence-electron chi connectivity index (χ1n) is 7.00. The Bertz CT molecular complexity index is 469. The molecule has 1 aliphatic carbocycles. The molecule has 110 valence electrons. The van der Waals surface area contributed by atoms with Crippen molar-refractivity contribution in [2.75, 3.05) is 12.3 Å². The van der Waals surface area contributed by atoms with Gasteiger partial charge in [-0.2, -0.15) is 0 Å². The van der Waals surface area contributed by atoms with E-state index in [1.54, 1.807) is 0 Å². The maximum atomic E-state index is 11.9. The molecule has 0 bridgehead atoms. The Morgan fingerprint density at radius 1 is 1.25 bits per heavy atom. The largest absolute Gasteiger partial charge is 0.380 e. The topological polar surface area (TPSA) is 66.4 Å². The fourth-order valence-corrected chi connectivity index (χ4v) is 3.50. The molecule has 1 aliphatic rings. The van der Waals surface area contributed by atoms with E-state index in [1.807, 2.05) is 30.3 Å². The van der Waals surface area contributed by atoms with Crippen molar-refractivity contribution in [3.05, 3.63) is 35.9 Å². The molecule has 4 nitrogen and oxygen atoms in total. The van der Waals surface area contributed by atoms with Gasteiger partial charge in [-0.25, -0.2) is 0 Å². The molecule has 2 N–H and O–H groups in total. The highest BCUT2D eigenvalue weighted by Gasteiger charge is 2.38. The van der Waals surface area contributed by atoms with Gasteiger partial charge in [-0.15, -0.1) is 0 Å². The molecule has 2 rings (SSSR count). The molecule has 1 saturated carbocycles. The highest BCUT2D eigenvalue weighted by Crippen LogP contribution is 2.29. The molecule has 0 aliphatic heterocycles. The third-order valence-corrected chi connectivity index (χ3v) is 4.95. The monoisotopic (exact) mass is 295 g/mol. The molecule has 20 heavy (non-hydrogen) atoms. The minimum atomic E-state index is -1.19. The van der Waals surface area contributed by atoms with Crippen LogP contribution in [-0.2, 0) is 21.3 Å². The number of amides is 1. The lowest BCUT2D eigenvalue weighted by atomic mass is 10.0. The Morgan fingerprint density at radius 2 is 1.90 bits per heavy atom. The molecule has 0 radical (unpaired) electrons. The van der Waals surface area contributed by atoms with Crippen LogP contribution in [0, 0.1) is 0 Å². The van der Waals surface area contributed by atoms with Gasteiger partial charge in [-0.3, -0.25) is 9.00 Å². The van der Waals surface area contributed by atoms with E-state index in [0.717, 1.165) is 18.4 Å². The van der Waals surface area contributed by atoms with Crippen LogP contribution in [0.2, 0.25) is 0 Å². The minimum absolute atomic E-state index is 0.313. The van der Waals surface area contributed by atoms with Gasteiger partial charge >= 0.3 is 0 Å². The number of carbonyl (C=O) groups excluding carboxylic acids is 1. The van der Waals surface area contributed by atoms with Gasteiger partial charge in [0, 0.05) is 28.9 Å². The Hall–Kier alpha value is -1.20. The molecule has 0 aromatic heterocycles. The van der Waals surface area contributed by atoms with Crippen LogP contribution >= 0.6 is 0 Å². The van der Waals surface area contributed by atoms with Crippen molar-refractivity contribution in [3.8, 4) is 0 Å². The zero-order valence-electron chi connectivity index (χ0n) is 11.5. The van der Waals surface area contributed by atoms with Crippen LogP contribution in [0.5, 0.6) is 0 Å². The summed E-state index contributed by atoms with van der Waals surface area (Å²) < 4.78 is 11.9. The van der Waals surface area contributed by atoms with E-state index < -0.39 is 16.4 Å².